The summed E-state index contributed by atoms with van der Waals surface area (Å²) < 4.78 is 1.84. The first-order valence-electron chi connectivity index (χ1n) is 8.22. The van der Waals surface area contributed by atoms with Gasteiger partial charge in [0.25, 0.3) is 5.91 Å². The SMILES string of the molecule is CCCCCCC(=O)N(O)Nc1nc(N)nc2c1ncn2C(C)C. The van der Waals surface area contributed by atoms with Crippen molar-refractivity contribution in [3.05, 3.63) is 6.33 Å². The number of carbonyl (C=O) groups is 1. The summed E-state index contributed by atoms with van der Waals surface area (Å²) in [4.78, 5) is 24.4. The van der Waals surface area contributed by atoms with Gasteiger partial charge in [-0.05, 0) is 20.3 Å². The fraction of sp³-hybridized carbons (Fsp3) is 0.600. The second kappa shape index (κ2) is 7.91. The second-order valence-electron chi connectivity index (χ2n) is 5.98. The zero-order chi connectivity index (χ0) is 17.7. The Labute approximate surface area is 140 Å². The van der Waals surface area contributed by atoms with E-state index in [0.717, 1.165) is 25.7 Å². The average molecular weight is 335 g/mol. The molecule has 4 N–H and O–H groups in total. The zero-order valence-corrected chi connectivity index (χ0v) is 14.4. The molecule has 2 aromatic rings. The van der Waals surface area contributed by atoms with Crippen LogP contribution in [0.1, 0.15) is 58.9 Å². The smallest absolute Gasteiger partial charge is 0.266 e. The van der Waals surface area contributed by atoms with E-state index in [4.69, 9.17) is 5.73 Å². The Morgan fingerprint density at radius 1 is 1.38 bits per heavy atom. The van der Waals surface area contributed by atoms with E-state index < -0.39 is 5.91 Å². The first-order valence-corrected chi connectivity index (χ1v) is 8.22. The molecule has 2 rings (SSSR count). The van der Waals surface area contributed by atoms with Crippen molar-refractivity contribution in [2.75, 3.05) is 11.2 Å². The highest BCUT2D eigenvalue weighted by atomic mass is 16.6. The molecule has 0 saturated heterocycles. The molecule has 2 aromatic heterocycles. The number of nitrogens with zero attached hydrogens (tertiary/aromatic N) is 5. The number of anilines is 2. The lowest BCUT2D eigenvalue weighted by atomic mass is 10.1. The third-order valence-electron chi connectivity index (χ3n) is 3.69. The van der Waals surface area contributed by atoms with Crippen LogP contribution >= 0.6 is 0 Å². The third-order valence-corrected chi connectivity index (χ3v) is 3.69. The van der Waals surface area contributed by atoms with Crippen LogP contribution in [-0.4, -0.2) is 35.8 Å². The van der Waals surface area contributed by atoms with Crippen LogP contribution in [0.3, 0.4) is 0 Å². The number of imidazole rings is 1. The number of hydrazine groups is 1. The van der Waals surface area contributed by atoms with E-state index in [9.17, 15) is 10.0 Å². The summed E-state index contributed by atoms with van der Waals surface area (Å²) in [6, 6.07) is 0.141. The molecule has 132 valence electrons. The number of nitrogen functional groups attached to an aromatic ring is 1. The largest absolute Gasteiger partial charge is 0.368 e. The maximum atomic E-state index is 12.0. The molecule has 0 aliphatic rings. The van der Waals surface area contributed by atoms with Crippen molar-refractivity contribution in [3.63, 3.8) is 0 Å². The van der Waals surface area contributed by atoms with Crippen LogP contribution in [0.4, 0.5) is 11.8 Å². The summed E-state index contributed by atoms with van der Waals surface area (Å²) in [5.74, 6) is -0.197. The Morgan fingerprint density at radius 3 is 2.79 bits per heavy atom. The minimum atomic E-state index is -0.431. The van der Waals surface area contributed by atoms with Gasteiger partial charge in [-0.2, -0.15) is 9.97 Å². The standard InChI is InChI=1S/C15H25N7O2/c1-4-5-6-7-8-11(23)22(24)20-13-12-14(19-15(16)18-13)21(9-17-12)10(2)3/h9-10,24H,4-8H2,1-3H3,(H3,16,18,19,20). The van der Waals surface area contributed by atoms with Gasteiger partial charge in [-0.3, -0.25) is 15.4 Å². The number of hydrogen-bond acceptors (Lipinski definition) is 7. The number of unbranched alkanes of at least 4 members (excludes halogenated alkanes) is 3. The van der Waals surface area contributed by atoms with E-state index in [0.29, 0.717) is 16.3 Å². The molecule has 2 heterocycles. The molecule has 0 radical (unpaired) electrons. The van der Waals surface area contributed by atoms with Gasteiger partial charge in [0.15, 0.2) is 17.0 Å². The number of nitrogens with one attached hydrogen (secondary N) is 1. The highest BCUT2D eigenvalue weighted by molar-refractivity contribution is 5.85. The molecule has 0 saturated carbocycles. The number of fused-ring (bicyclic) bond motifs is 1. The van der Waals surface area contributed by atoms with E-state index in [1.54, 1.807) is 6.33 Å². The topological polar surface area (TPSA) is 122 Å². The highest BCUT2D eigenvalue weighted by Crippen LogP contribution is 2.22. The van der Waals surface area contributed by atoms with Gasteiger partial charge in [0.1, 0.15) is 0 Å². The van der Waals surface area contributed by atoms with E-state index in [1.165, 1.54) is 0 Å². The van der Waals surface area contributed by atoms with Gasteiger partial charge >= 0.3 is 0 Å². The number of hydrogen-bond donors (Lipinski definition) is 3. The molecule has 0 unspecified atom stereocenters. The predicted molar refractivity (Wildman–Crippen MR) is 91.1 cm³/mol. The zero-order valence-electron chi connectivity index (χ0n) is 14.4. The molecule has 0 aromatic carbocycles. The van der Waals surface area contributed by atoms with E-state index in [-0.39, 0.29) is 24.2 Å². The fourth-order valence-corrected chi connectivity index (χ4v) is 2.36. The third kappa shape index (κ3) is 4.10. The van der Waals surface area contributed by atoms with Gasteiger partial charge in [0, 0.05) is 12.5 Å². The lowest BCUT2D eigenvalue weighted by Crippen LogP contribution is -2.33. The monoisotopic (exact) mass is 335 g/mol. The number of hydroxylamine groups is 1. The summed E-state index contributed by atoms with van der Waals surface area (Å²) in [6.07, 6.45) is 5.73. The van der Waals surface area contributed by atoms with Gasteiger partial charge < -0.3 is 10.3 Å². The molecule has 9 nitrogen and oxygen atoms in total. The molecule has 24 heavy (non-hydrogen) atoms. The Hall–Kier alpha value is -2.42. The van der Waals surface area contributed by atoms with Gasteiger partial charge in [-0.15, -0.1) is 5.17 Å². The Balaban J connectivity index is 2.13. The summed E-state index contributed by atoms with van der Waals surface area (Å²) >= 11 is 0. The van der Waals surface area contributed by atoms with Gasteiger partial charge in [0.2, 0.25) is 5.95 Å². The Bertz CT molecular complexity index is 698. The van der Waals surface area contributed by atoms with E-state index in [2.05, 4.69) is 27.3 Å². The first kappa shape index (κ1) is 17.9. The molecule has 0 fully saturated rings. The number of carbonyl (C=O) groups excluding carboxylic acids is 1. The molecule has 0 aliphatic heterocycles. The highest BCUT2D eigenvalue weighted by Gasteiger charge is 2.17. The first-order chi connectivity index (χ1) is 11.4. The maximum absolute atomic E-state index is 12.0. The number of nitrogens with two attached hydrogens (primary N) is 1. The summed E-state index contributed by atoms with van der Waals surface area (Å²) in [5.41, 5.74) is 9.27. The molecule has 0 bridgehead atoms. The van der Waals surface area contributed by atoms with E-state index >= 15 is 0 Å². The van der Waals surface area contributed by atoms with Crippen molar-refractivity contribution >= 4 is 28.8 Å². The maximum Gasteiger partial charge on any atom is 0.266 e. The van der Waals surface area contributed by atoms with Crippen LogP contribution < -0.4 is 11.2 Å². The summed E-state index contributed by atoms with van der Waals surface area (Å²) in [7, 11) is 0. The van der Waals surface area contributed by atoms with Crippen LogP contribution in [-0.2, 0) is 4.79 Å². The molecule has 0 atom stereocenters. The normalized spacial score (nSPS) is 11.2. The van der Waals surface area contributed by atoms with Crippen LogP contribution in [0.15, 0.2) is 6.33 Å². The van der Waals surface area contributed by atoms with Crippen molar-refractivity contribution in [2.45, 2.75) is 58.9 Å². The molecular weight excluding hydrogens is 310 g/mol. The molecule has 9 heteroatoms. The number of amides is 1. The van der Waals surface area contributed by atoms with Gasteiger partial charge in [-0.25, -0.2) is 4.98 Å². The van der Waals surface area contributed by atoms with Crippen molar-refractivity contribution in [2.24, 2.45) is 0 Å². The minimum absolute atomic E-state index is 0.0381. The summed E-state index contributed by atoms with van der Waals surface area (Å²) in [5, 5.41) is 10.4. The van der Waals surface area contributed by atoms with Crippen molar-refractivity contribution in [3.8, 4) is 0 Å². The fourth-order valence-electron chi connectivity index (χ4n) is 2.36. The van der Waals surface area contributed by atoms with Crippen LogP contribution in [0, 0.1) is 0 Å². The number of rotatable bonds is 8. The Morgan fingerprint density at radius 2 is 2.12 bits per heavy atom. The Kier molecular flexibility index (Phi) is 5.91. The molecule has 0 spiro atoms. The van der Waals surface area contributed by atoms with Crippen LogP contribution in [0.25, 0.3) is 11.2 Å². The summed E-state index contributed by atoms with van der Waals surface area (Å²) in [6.45, 7) is 6.08. The average Bonchev–Trinajstić information content (AvgIpc) is 2.95. The predicted octanol–water partition coefficient (Wildman–Crippen LogP) is 2.50. The van der Waals surface area contributed by atoms with Gasteiger partial charge in [0.05, 0.1) is 6.33 Å². The lowest BCUT2D eigenvalue weighted by Gasteiger charge is -2.17. The van der Waals surface area contributed by atoms with Gasteiger partial charge in [-0.1, -0.05) is 26.2 Å². The van der Waals surface area contributed by atoms with Crippen LogP contribution in [0.2, 0.25) is 0 Å². The van der Waals surface area contributed by atoms with Crippen molar-refractivity contribution in [1.29, 1.82) is 0 Å². The molecular formula is C15H25N7O2. The van der Waals surface area contributed by atoms with E-state index in [1.807, 2.05) is 18.4 Å². The molecule has 0 aliphatic carbocycles. The minimum Gasteiger partial charge on any atom is -0.368 e. The van der Waals surface area contributed by atoms with Crippen LogP contribution in [0.5, 0.6) is 0 Å². The number of aromatic nitrogens is 4. The molecule has 1 amide bonds. The van der Waals surface area contributed by atoms with Crippen molar-refractivity contribution < 1.29 is 10.0 Å². The lowest BCUT2D eigenvalue weighted by molar-refractivity contribution is -0.159. The second-order valence-corrected chi connectivity index (χ2v) is 5.98. The van der Waals surface area contributed by atoms with Crippen molar-refractivity contribution in [1.82, 2.24) is 24.7 Å². The quantitative estimate of drug-likeness (QED) is 0.385.